The third-order valence-corrected chi connectivity index (χ3v) is 3.55. The Morgan fingerprint density at radius 1 is 1.37 bits per heavy atom. The van der Waals surface area contributed by atoms with E-state index in [9.17, 15) is 4.79 Å². The number of carbonyl (C=O) groups excluding carboxylic acids is 1. The number of hydrogen-bond donors (Lipinski definition) is 1. The SMILES string of the molecule is CC(NC(=O)c1cnn(-c2ccccc2)c1)C1CC1. The zero-order chi connectivity index (χ0) is 13.2. The fraction of sp³-hybridized carbons (Fsp3) is 0.333. The van der Waals surface area contributed by atoms with Crippen molar-refractivity contribution in [3.63, 3.8) is 0 Å². The standard InChI is InChI=1S/C15H17N3O/c1-11(12-7-8-12)17-15(19)13-9-16-18(10-13)14-5-3-2-4-6-14/h2-6,9-12H,7-8H2,1H3,(H,17,19). The molecule has 2 aromatic rings. The van der Waals surface area contributed by atoms with E-state index in [0.717, 1.165) is 5.69 Å². The number of nitrogens with zero attached hydrogens (tertiary/aromatic N) is 2. The molecule has 0 saturated heterocycles. The lowest BCUT2D eigenvalue weighted by Gasteiger charge is -2.11. The van der Waals surface area contributed by atoms with Crippen LogP contribution >= 0.6 is 0 Å². The van der Waals surface area contributed by atoms with Gasteiger partial charge in [0.15, 0.2) is 0 Å². The molecule has 0 radical (unpaired) electrons. The predicted octanol–water partition coefficient (Wildman–Crippen LogP) is 2.40. The van der Waals surface area contributed by atoms with Gasteiger partial charge in [0, 0.05) is 12.2 Å². The van der Waals surface area contributed by atoms with E-state index in [-0.39, 0.29) is 11.9 Å². The van der Waals surface area contributed by atoms with Crippen LogP contribution in [0.2, 0.25) is 0 Å². The van der Waals surface area contributed by atoms with Gasteiger partial charge in [-0.05, 0) is 37.8 Å². The highest BCUT2D eigenvalue weighted by atomic mass is 16.1. The average molecular weight is 255 g/mol. The Labute approximate surface area is 112 Å². The van der Waals surface area contributed by atoms with E-state index in [1.807, 2.05) is 30.3 Å². The summed E-state index contributed by atoms with van der Waals surface area (Å²) in [7, 11) is 0. The molecule has 1 unspecified atom stereocenters. The van der Waals surface area contributed by atoms with E-state index in [1.54, 1.807) is 17.1 Å². The Kier molecular flexibility index (Phi) is 3.07. The van der Waals surface area contributed by atoms with Crippen LogP contribution in [0.4, 0.5) is 0 Å². The summed E-state index contributed by atoms with van der Waals surface area (Å²) in [6.07, 6.45) is 5.84. The van der Waals surface area contributed by atoms with Gasteiger partial charge >= 0.3 is 0 Å². The molecule has 0 spiro atoms. The molecule has 1 amide bonds. The summed E-state index contributed by atoms with van der Waals surface area (Å²) >= 11 is 0. The Morgan fingerprint density at radius 3 is 2.79 bits per heavy atom. The van der Waals surface area contributed by atoms with Gasteiger partial charge in [-0.25, -0.2) is 4.68 Å². The van der Waals surface area contributed by atoms with Crippen LogP contribution in [0, 0.1) is 5.92 Å². The Hall–Kier alpha value is -2.10. The summed E-state index contributed by atoms with van der Waals surface area (Å²) in [6.45, 7) is 2.07. The van der Waals surface area contributed by atoms with Crippen molar-refractivity contribution in [1.29, 1.82) is 0 Å². The van der Waals surface area contributed by atoms with Crippen LogP contribution in [-0.4, -0.2) is 21.7 Å². The Bertz CT molecular complexity index is 572. The first-order chi connectivity index (χ1) is 9.24. The molecule has 3 rings (SSSR count). The van der Waals surface area contributed by atoms with Crippen molar-refractivity contribution in [2.45, 2.75) is 25.8 Å². The monoisotopic (exact) mass is 255 g/mol. The number of nitrogens with one attached hydrogen (secondary N) is 1. The lowest BCUT2D eigenvalue weighted by atomic mass is 10.2. The minimum Gasteiger partial charge on any atom is -0.349 e. The van der Waals surface area contributed by atoms with E-state index in [4.69, 9.17) is 0 Å². The van der Waals surface area contributed by atoms with Gasteiger partial charge in [-0.2, -0.15) is 5.10 Å². The molecule has 1 aliphatic carbocycles. The van der Waals surface area contributed by atoms with Crippen LogP contribution < -0.4 is 5.32 Å². The normalized spacial score (nSPS) is 16.1. The molecule has 4 heteroatoms. The number of para-hydroxylation sites is 1. The van der Waals surface area contributed by atoms with Crippen LogP contribution in [-0.2, 0) is 0 Å². The minimum atomic E-state index is -0.0402. The highest BCUT2D eigenvalue weighted by Crippen LogP contribution is 2.32. The Balaban J connectivity index is 1.72. The zero-order valence-electron chi connectivity index (χ0n) is 10.9. The first-order valence-electron chi connectivity index (χ1n) is 6.65. The quantitative estimate of drug-likeness (QED) is 0.912. The summed E-state index contributed by atoms with van der Waals surface area (Å²) in [6, 6.07) is 10.0. The van der Waals surface area contributed by atoms with Crippen molar-refractivity contribution in [2.75, 3.05) is 0 Å². The summed E-state index contributed by atoms with van der Waals surface area (Å²) in [5.41, 5.74) is 1.56. The molecule has 1 fully saturated rings. The Morgan fingerprint density at radius 2 is 2.11 bits per heavy atom. The molecular formula is C15H17N3O. The maximum Gasteiger partial charge on any atom is 0.254 e. The molecule has 1 heterocycles. The van der Waals surface area contributed by atoms with Crippen molar-refractivity contribution < 1.29 is 4.79 Å². The smallest absolute Gasteiger partial charge is 0.254 e. The van der Waals surface area contributed by atoms with Gasteiger partial charge in [-0.1, -0.05) is 18.2 Å². The van der Waals surface area contributed by atoms with Gasteiger partial charge in [-0.3, -0.25) is 4.79 Å². The first-order valence-corrected chi connectivity index (χ1v) is 6.65. The molecule has 1 aromatic carbocycles. The van der Waals surface area contributed by atoms with Gasteiger partial charge in [0.25, 0.3) is 5.91 Å². The number of carbonyl (C=O) groups is 1. The number of aromatic nitrogens is 2. The number of hydrogen-bond acceptors (Lipinski definition) is 2. The topological polar surface area (TPSA) is 46.9 Å². The van der Waals surface area contributed by atoms with Crippen molar-refractivity contribution in [3.8, 4) is 5.69 Å². The van der Waals surface area contributed by atoms with Crippen molar-refractivity contribution in [1.82, 2.24) is 15.1 Å². The molecule has 4 nitrogen and oxygen atoms in total. The lowest BCUT2D eigenvalue weighted by molar-refractivity contribution is 0.0936. The summed E-state index contributed by atoms with van der Waals surface area (Å²) < 4.78 is 1.72. The second-order valence-electron chi connectivity index (χ2n) is 5.11. The van der Waals surface area contributed by atoms with Crippen molar-refractivity contribution >= 4 is 5.91 Å². The highest BCUT2D eigenvalue weighted by Gasteiger charge is 2.29. The first kappa shape index (κ1) is 12.0. The van der Waals surface area contributed by atoms with Gasteiger partial charge < -0.3 is 5.32 Å². The summed E-state index contributed by atoms with van der Waals surface area (Å²) in [4.78, 5) is 12.1. The molecule has 1 saturated carbocycles. The molecule has 1 N–H and O–H groups in total. The van der Waals surface area contributed by atoms with E-state index in [0.29, 0.717) is 11.5 Å². The molecule has 19 heavy (non-hydrogen) atoms. The van der Waals surface area contributed by atoms with Gasteiger partial charge in [0.05, 0.1) is 17.4 Å². The van der Waals surface area contributed by atoms with E-state index < -0.39 is 0 Å². The second kappa shape index (κ2) is 4.88. The average Bonchev–Trinajstić information content (AvgIpc) is 3.17. The van der Waals surface area contributed by atoms with Crippen LogP contribution in [0.1, 0.15) is 30.1 Å². The highest BCUT2D eigenvalue weighted by molar-refractivity contribution is 5.94. The van der Waals surface area contributed by atoms with Crippen molar-refractivity contribution in [2.24, 2.45) is 5.92 Å². The van der Waals surface area contributed by atoms with E-state index in [1.165, 1.54) is 12.8 Å². The second-order valence-corrected chi connectivity index (χ2v) is 5.11. The molecule has 1 atom stereocenters. The number of amides is 1. The predicted molar refractivity (Wildman–Crippen MR) is 73.2 cm³/mol. The van der Waals surface area contributed by atoms with Crippen LogP contribution in [0.15, 0.2) is 42.7 Å². The van der Waals surface area contributed by atoms with Gasteiger partial charge in [0.2, 0.25) is 0 Å². The molecule has 0 aliphatic heterocycles. The van der Waals surface area contributed by atoms with E-state index >= 15 is 0 Å². The minimum absolute atomic E-state index is 0.0402. The third-order valence-electron chi connectivity index (χ3n) is 3.55. The lowest BCUT2D eigenvalue weighted by Crippen LogP contribution is -2.33. The number of benzene rings is 1. The fourth-order valence-electron chi connectivity index (χ4n) is 2.17. The van der Waals surface area contributed by atoms with Crippen molar-refractivity contribution in [3.05, 3.63) is 48.3 Å². The summed E-state index contributed by atoms with van der Waals surface area (Å²) in [5, 5.41) is 7.26. The number of rotatable bonds is 4. The third kappa shape index (κ3) is 2.67. The molecule has 0 bridgehead atoms. The van der Waals surface area contributed by atoms with Crippen LogP contribution in [0.3, 0.4) is 0 Å². The largest absolute Gasteiger partial charge is 0.349 e. The van der Waals surface area contributed by atoms with E-state index in [2.05, 4.69) is 17.3 Å². The summed E-state index contributed by atoms with van der Waals surface area (Å²) in [5.74, 6) is 0.620. The van der Waals surface area contributed by atoms with Crippen LogP contribution in [0.5, 0.6) is 0 Å². The fourth-order valence-corrected chi connectivity index (χ4v) is 2.17. The maximum absolute atomic E-state index is 12.1. The van der Waals surface area contributed by atoms with Gasteiger partial charge in [0.1, 0.15) is 0 Å². The molecule has 98 valence electrons. The molecular weight excluding hydrogens is 238 g/mol. The molecule has 1 aliphatic rings. The van der Waals surface area contributed by atoms with Crippen LogP contribution in [0.25, 0.3) is 5.69 Å². The molecule has 1 aromatic heterocycles. The zero-order valence-corrected chi connectivity index (χ0v) is 10.9. The maximum atomic E-state index is 12.1. The van der Waals surface area contributed by atoms with Gasteiger partial charge in [-0.15, -0.1) is 0 Å².